The fourth-order valence-corrected chi connectivity index (χ4v) is 6.75. The van der Waals surface area contributed by atoms with Gasteiger partial charge < -0.3 is 14.4 Å². The van der Waals surface area contributed by atoms with Crippen molar-refractivity contribution in [1.29, 1.82) is 0 Å². The van der Waals surface area contributed by atoms with E-state index in [1.54, 1.807) is 41.5 Å². The van der Waals surface area contributed by atoms with Gasteiger partial charge in [-0.2, -0.15) is 9.40 Å². The average molecular weight is 588 g/mol. The summed E-state index contributed by atoms with van der Waals surface area (Å²) in [4.78, 5) is 6.50. The molecule has 0 amide bonds. The molecular weight excluding hydrogens is 557 g/mol. The van der Waals surface area contributed by atoms with E-state index in [4.69, 9.17) is 9.47 Å². The third-order valence-electron chi connectivity index (χ3n) is 7.45. The molecule has 1 aliphatic rings. The van der Waals surface area contributed by atoms with Crippen LogP contribution in [-0.2, 0) is 23.1 Å². The lowest BCUT2D eigenvalue weighted by Gasteiger charge is -2.41. The number of hydrogen-bond acceptors (Lipinski definition) is 7. The highest BCUT2D eigenvalue weighted by Gasteiger charge is 2.41. The minimum atomic E-state index is -3.66. The number of sulfonamides is 1. The summed E-state index contributed by atoms with van der Waals surface area (Å²) in [5.41, 5.74) is 3.19. The van der Waals surface area contributed by atoms with Crippen LogP contribution in [0.25, 0.3) is 16.6 Å². The molecule has 0 bridgehead atoms. The molecule has 0 atom stereocenters. The van der Waals surface area contributed by atoms with E-state index in [2.05, 4.69) is 10.1 Å². The van der Waals surface area contributed by atoms with Crippen molar-refractivity contribution in [3.63, 3.8) is 0 Å². The number of benzene rings is 3. The van der Waals surface area contributed by atoms with E-state index in [-0.39, 0.29) is 18.9 Å². The van der Waals surface area contributed by atoms with E-state index in [1.807, 2.05) is 65.7 Å². The Labute approximate surface area is 243 Å². The van der Waals surface area contributed by atoms with Crippen LogP contribution in [0.15, 0.2) is 91.3 Å². The zero-order valence-electron chi connectivity index (χ0n) is 23.2. The maximum Gasteiger partial charge on any atom is 0.221 e. The number of methoxy groups -OCH3 is 2. The highest BCUT2D eigenvalue weighted by atomic mass is 32.2. The Kier molecular flexibility index (Phi) is 7.53. The van der Waals surface area contributed by atoms with Crippen LogP contribution in [0.3, 0.4) is 0 Å². The number of ether oxygens (including phenoxy) is 2. The van der Waals surface area contributed by atoms with Gasteiger partial charge in [-0.25, -0.2) is 22.5 Å². The van der Waals surface area contributed by atoms with Gasteiger partial charge in [-0.1, -0.05) is 24.3 Å². The molecule has 0 aliphatic carbocycles. The van der Waals surface area contributed by atoms with Gasteiger partial charge in [0.15, 0.2) is 0 Å². The number of pyridine rings is 1. The largest absolute Gasteiger partial charge is 0.497 e. The fraction of sp³-hybridized carbons (Fsp3) is 0.226. The van der Waals surface area contributed by atoms with Gasteiger partial charge in [0.05, 0.1) is 25.4 Å². The molecule has 0 N–H and O–H groups in total. The maximum atomic E-state index is 13.9. The third kappa shape index (κ3) is 5.65. The monoisotopic (exact) mass is 587 g/mol. The molecule has 9 nitrogen and oxygen atoms in total. The van der Waals surface area contributed by atoms with Crippen molar-refractivity contribution in [3.05, 3.63) is 108 Å². The average Bonchev–Trinajstić information content (AvgIpc) is 3.41. The van der Waals surface area contributed by atoms with Gasteiger partial charge in [-0.15, -0.1) is 0 Å². The molecule has 3 heterocycles. The van der Waals surface area contributed by atoms with Gasteiger partial charge in [-0.3, -0.25) is 0 Å². The number of anilines is 1. The molecule has 1 fully saturated rings. The summed E-state index contributed by atoms with van der Waals surface area (Å²) < 4.78 is 54.9. The highest BCUT2D eigenvalue weighted by molar-refractivity contribution is 7.89. The predicted octanol–water partition coefficient (Wildman–Crippen LogP) is 4.80. The molecule has 216 valence electrons. The van der Waals surface area contributed by atoms with Crippen molar-refractivity contribution in [2.24, 2.45) is 0 Å². The number of halogens is 1. The van der Waals surface area contributed by atoms with Crippen LogP contribution in [0.1, 0.15) is 11.1 Å². The van der Waals surface area contributed by atoms with Crippen molar-refractivity contribution in [3.8, 4) is 17.2 Å². The highest BCUT2D eigenvalue weighted by Crippen LogP contribution is 2.29. The Morgan fingerprint density at radius 2 is 1.45 bits per heavy atom. The van der Waals surface area contributed by atoms with Gasteiger partial charge in [0, 0.05) is 50.0 Å². The minimum Gasteiger partial charge on any atom is -0.497 e. The van der Waals surface area contributed by atoms with Gasteiger partial charge in [0.25, 0.3) is 0 Å². The second kappa shape index (κ2) is 11.4. The summed E-state index contributed by atoms with van der Waals surface area (Å²) in [6.45, 7) is 1.11. The quantitative estimate of drug-likeness (QED) is 0.232. The first-order valence-corrected chi connectivity index (χ1v) is 14.9. The summed E-state index contributed by atoms with van der Waals surface area (Å²) in [5, 5.41) is 4.86. The summed E-state index contributed by atoms with van der Waals surface area (Å²) in [7, 11) is -0.462. The number of nitrogens with zero attached hydrogens (tertiary/aromatic N) is 5. The van der Waals surface area contributed by atoms with Crippen molar-refractivity contribution in [2.45, 2.75) is 18.3 Å². The molecule has 2 aromatic heterocycles. The van der Waals surface area contributed by atoms with Crippen LogP contribution >= 0.6 is 0 Å². The second-order valence-corrected chi connectivity index (χ2v) is 12.4. The van der Waals surface area contributed by atoms with Gasteiger partial charge >= 0.3 is 0 Å². The van der Waals surface area contributed by atoms with Crippen LogP contribution in [0.5, 0.6) is 11.5 Å². The molecule has 1 saturated heterocycles. The zero-order valence-corrected chi connectivity index (χ0v) is 24.0. The lowest BCUT2D eigenvalue weighted by Crippen LogP contribution is -2.58. The van der Waals surface area contributed by atoms with E-state index in [1.165, 1.54) is 12.1 Å². The normalized spacial score (nSPS) is 13.9. The second-order valence-electron chi connectivity index (χ2n) is 10.2. The summed E-state index contributed by atoms with van der Waals surface area (Å²) in [6, 6.07) is 22.8. The first kappa shape index (κ1) is 27.7. The topological polar surface area (TPSA) is 89.8 Å². The molecular formula is C31H30FN5O4S. The molecule has 42 heavy (non-hydrogen) atoms. The minimum absolute atomic E-state index is 0.236. The van der Waals surface area contributed by atoms with E-state index >= 15 is 0 Å². The first-order chi connectivity index (χ1) is 20.3. The Balaban J connectivity index is 1.19. The van der Waals surface area contributed by atoms with Crippen LogP contribution in [0.4, 0.5) is 10.2 Å². The maximum absolute atomic E-state index is 13.9. The van der Waals surface area contributed by atoms with Crippen molar-refractivity contribution >= 4 is 26.7 Å². The molecule has 6 rings (SSSR count). The molecule has 0 saturated carbocycles. The van der Waals surface area contributed by atoms with E-state index in [0.29, 0.717) is 30.4 Å². The van der Waals surface area contributed by atoms with Crippen molar-refractivity contribution < 1.29 is 22.3 Å². The molecule has 0 spiro atoms. The fourth-order valence-electron chi connectivity index (χ4n) is 4.94. The Hall–Kier alpha value is -4.48. The SMILES string of the molecule is COc1ccc(CN(Cc2ccc(OC)cc2)S(=O)(=O)C2CN(c3cc4nn(-c5ccc(F)cc5)cc4cn3)C2)cc1. The van der Waals surface area contributed by atoms with Crippen LogP contribution in [0, 0.1) is 5.82 Å². The Morgan fingerprint density at radius 1 is 0.881 bits per heavy atom. The van der Waals surface area contributed by atoms with E-state index in [9.17, 15) is 12.8 Å². The molecule has 5 aromatic rings. The van der Waals surface area contributed by atoms with Crippen LogP contribution < -0.4 is 14.4 Å². The molecule has 0 unspecified atom stereocenters. The number of hydrogen-bond donors (Lipinski definition) is 0. The van der Waals surface area contributed by atoms with Gasteiger partial charge in [-0.05, 0) is 59.7 Å². The van der Waals surface area contributed by atoms with Crippen LogP contribution in [0.2, 0.25) is 0 Å². The smallest absolute Gasteiger partial charge is 0.221 e. The lowest BCUT2D eigenvalue weighted by molar-refractivity contribution is 0.383. The Bertz CT molecular complexity index is 1740. The number of aromatic nitrogens is 3. The molecule has 0 radical (unpaired) electrons. The third-order valence-corrected chi connectivity index (χ3v) is 9.57. The van der Waals surface area contributed by atoms with Gasteiger partial charge in [0.2, 0.25) is 10.0 Å². The zero-order chi connectivity index (χ0) is 29.3. The van der Waals surface area contributed by atoms with Gasteiger partial charge in [0.1, 0.15) is 28.4 Å². The molecule has 3 aromatic carbocycles. The van der Waals surface area contributed by atoms with E-state index < -0.39 is 15.3 Å². The first-order valence-electron chi connectivity index (χ1n) is 13.4. The van der Waals surface area contributed by atoms with E-state index in [0.717, 1.165) is 27.7 Å². The summed E-state index contributed by atoms with van der Waals surface area (Å²) in [5.74, 6) is 1.78. The summed E-state index contributed by atoms with van der Waals surface area (Å²) in [6.07, 6.45) is 3.55. The van der Waals surface area contributed by atoms with Crippen molar-refractivity contribution in [2.75, 3.05) is 32.2 Å². The molecule has 1 aliphatic heterocycles. The standard InChI is InChI=1S/C31H30FN5O4S/c1-40-27-11-3-22(4-12-27)17-36(18-23-5-13-28(41-2)14-6-23)42(38,39)29-20-35(21-29)31-15-30-24(16-33-31)19-37(34-30)26-9-7-25(32)8-10-26/h3-16,19,29H,17-18,20-21H2,1-2H3. The predicted molar refractivity (Wildman–Crippen MR) is 159 cm³/mol. The summed E-state index contributed by atoms with van der Waals surface area (Å²) >= 11 is 0. The molecule has 11 heteroatoms. The number of rotatable bonds is 10. The van der Waals surface area contributed by atoms with Crippen LogP contribution in [-0.4, -0.2) is 60.0 Å². The van der Waals surface area contributed by atoms with Crippen molar-refractivity contribution in [1.82, 2.24) is 19.1 Å². The number of fused-ring (bicyclic) bond motifs is 1. The lowest BCUT2D eigenvalue weighted by atomic mass is 10.2. The Morgan fingerprint density at radius 3 is 2.00 bits per heavy atom.